The number of aliphatic hydroxyl groups excluding tert-OH is 1. The van der Waals surface area contributed by atoms with Crippen LogP contribution < -0.4 is 17.2 Å². The Morgan fingerprint density at radius 3 is 2.60 bits per heavy atom. The van der Waals surface area contributed by atoms with E-state index in [1.165, 1.54) is 12.3 Å². The number of hydrogen-bond donors (Lipinski definition) is 4. The van der Waals surface area contributed by atoms with Gasteiger partial charge in [0.2, 0.25) is 0 Å². The first-order chi connectivity index (χ1) is 8.58. The minimum absolute atomic E-state index is 0. The molecule has 2 rings (SSSR count). The zero-order valence-corrected chi connectivity index (χ0v) is 11.8. The lowest BCUT2D eigenvalue weighted by Gasteiger charge is -2.16. The highest BCUT2D eigenvalue weighted by Crippen LogP contribution is 2.24. The van der Waals surface area contributed by atoms with Crippen molar-refractivity contribution in [2.45, 2.75) is 18.4 Å². The van der Waals surface area contributed by atoms with Crippen LogP contribution >= 0.6 is 24.8 Å². The predicted molar refractivity (Wildman–Crippen MR) is 75.6 cm³/mol. The number of rotatable bonds is 2. The van der Waals surface area contributed by atoms with Crippen molar-refractivity contribution in [1.29, 1.82) is 0 Å². The Balaban J connectivity index is 0.00000180. The summed E-state index contributed by atoms with van der Waals surface area (Å²) < 4.78 is 6.48. The molecule has 0 amide bonds. The molecule has 0 aromatic carbocycles. The monoisotopic (exact) mass is 327 g/mol. The molecule has 0 aliphatic carbocycles. The molecule has 1 saturated heterocycles. The number of nitrogen functional groups attached to an aromatic ring is 1. The molecule has 2 heterocycles. The quantitative estimate of drug-likeness (QED) is 0.390. The maximum Gasteiger partial charge on any atom is 0.351 e. The molecule has 11 heteroatoms. The number of aliphatic hydroxyl groups is 1. The lowest BCUT2D eigenvalue weighted by Crippen LogP contribution is -2.39. The van der Waals surface area contributed by atoms with Crippen molar-refractivity contribution < 1.29 is 15.1 Å². The van der Waals surface area contributed by atoms with Gasteiger partial charge in [-0.25, -0.2) is 4.79 Å². The second-order valence-electron chi connectivity index (χ2n) is 3.79. The first-order valence-corrected chi connectivity index (χ1v) is 5.17. The highest BCUT2D eigenvalue weighted by molar-refractivity contribution is 5.94. The van der Waals surface area contributed by atoms with Gasteiger partial charge in [0, 0.05) is 6.20 Å². The molecule has 9 nitrogen and oxygen atoms in total. The SMILES string of the molecule is Cl.Cl.Nc1ccn([C@@H]2O[C@H](CO)/C(=N\O)[C@H]2N)c(=O)n1. The number of hydrogen-bond acceptors (Lipinski definition) is 8. The second kappa shape index (κ2) is 7.41. The van der Waals surface area contributed by atoms with Crippen molar-refractivity contribution in [2.75, 3.05) is 12.3 Å². The number of oxime groups is 1. The average Bonchev–Trinajstić information content (AvgIpc) is 2.66. The molecule has 1 aliphatic heterocycles. The lowest BCUT2D eigenvalue weighted by molar-refractivity contribution is -0.0203. The van der Waals surface area contributed by atoms with E-state index in [0.29, 0.717) is 0 Å². The van der Waals surface area contributed by atoms with Crippen LogP contribution in [0.25, 0.3) is 0 Å². The van der Waals surface area contributed by atoms with Crippen LogP contribution in [0.5, 0.6) is 0 Å². The summed E-state index contributed by atoms with van der Waals surface area (Å²) in [6, 6.07) is 0.565. The topological polar surface area (TPSA) is 149 Å². The minimum Gasteiger partial charge on any atom is -0.411 e. The van der Waals surface area contributed by atoms with Crippen molar-refractivity contribution in [3.05, 3.63) is 22.7 Å². The van der Waals surface area contributed by atoms with Gasteiger partial charge in [-0.15, -0.1) is 24.8 Å². The molecule has 1 aromatic heterocycles. The fourth-order valence-corrected chi connectivity index (χ4v) is 1.81. The molecular formula is C9H15Cl2N5O4. The van der Waals surface area contributed by atoms with Crippen molar-refractivity contribution in [3.63, 3.8) is 0 Å². The van der Waals surface area contributed by atoms with E-state index in [9.17, 15) is 4.79 Å². The number of nitrogens with zero attached hydrogens (tertiary/aromatic N) is 3. The first-order valence-electron chi connectivity index (χ1n) is 5.17. The van der Waals surface area contributed by atoms with Crippen molar-refractivity contribution in [3.8, 4) is 0 Å². The van der Waals surface area contributed by atoms with Crippen LogP contribution in [0.3, 0.4) is 0 Å². The number of nitrogens with two attached hydrogens (primary N) is 2. The molecule has 0 radical (unpaired) electrons. The van der Waals surface area contributed by atoms with Gasteiger partial charge in [-0.05, 0) is 6.07 Å². The molecule has 0 saturated carbocycles. The number of halogens is 2. The third-order valence-electron chi connectivity index (χ3n) is 2.69. The van der Waals surface area contributed by atoms with E-state index in [1.807, 2.05) is 0 Å². The van der Waals surface area contributed by atoms with Crippen LogP contribution in [0, 0.1) is 0 Å². The van der Waals surface area contributed by atoms with Crippen LogP contribution in [-0.2, 0) is 4.74 Å². The van der Waals surface area contributed by atoms with E-state index in [2.05, 4.69) is 10.1 Å². The normalized spacial score (nSPS) is 26.9. The highest BCUT2D eigenvalue weighted by Gasteiger charge is 2.41. The number of anilines is 1. The van der Waals surface area contributed by atoms with Crippen LogP contribution in [0.4, 0.5) is 5.82 Å². The van der Waals surface area contributed by atoms with Gasteiger partial charge in [0.05, 0.1) is 12.6 Å². The van der Waals surface area contributed by atoms with Gasteiger partial charge in [0.1, 0.15) is 17.6 Å². The van der Waals surface area contributed by atoms with Gasteiger partial charge in [-0.3, -0.25) is 4.57 Å². The third kappa shape index (κ3) is 3.19. The van der Waals surface area contributed by atoms with Crippen molar-refractivity contribution >= 4 is 36.3 Å². The zero-order chi connectivity index (χ0) is 13.3. The lowest BCUT2D eigenvalue weighted by atomic mass is 10.1. The molecule has 0 unspecified atom stereocenters. The molecule has 3 atom stereocenters. The van der Waals surface area contributed by atoms with Crippen LogP contribution in [0.15, 0.2) is 22.2 Å². The fourth-order valence-electron chi connectivity index (χ4n) is 1.81. The van der Waals surface area contributed by atoms with Gasteiger partial charge >= 0.3 is 5.69 Å². The molecule has 1 aromatic rings. The van der Waals surface area contributed by atoms with E-state index >= 15 is 0 Å². The van der Waals surface area contributed by atoms with Crippen LogP contribution in [0.1, 0.15) is 6.23 Å². The van der Waals surface area contributed by atoms with Crippen LogP contribution in [0.2, 0.25) is 0 Å². The Bertz CT molecular complexity index is 537. The molecule has 1 fully saturated rings. The smallest absolute Gasteiger partial charge is 0.351 e. The number of aromatic nitrogens is 2. The Morgan fingerprint density at radius 1 is 1.50 bits per heavy atom. The Labute approximate surface area is 126 Å². The summed E-state index contributed by atoms with van der Waals surface area (Å²) in [4.78, 5) is 15.2. The van der Waals surface area contributed by atoms with E-state index < -0.39 is 30.7 Å². The summed E-state index contributed by atoms with van der Waals surface area (Å²) in [5.41, 5.74) is 10.6. The maximum atomic E-state index is 11.6. The summed E-state index contributed by atoms with van der Waals surface area (Å²) in [5, 5.41) is 20.9. The molecule has 20 heavy (non-hydrogen) atoms. The Morgan fingerprint density at radius 2 is 2.15 bits per heavy atom. The Kier molecular flexibility index (Phi) is 6.89. The molecular weight excluding hydrogens is 313 g/mol. The summed E-state index contributed by atoms with van der Waals surface area (Å²) in [6.07, 6.45) is -0.364. The molecule has 0 bridgehead atoms. The number of ether oxygens (including phenoxy) is 1. The summed E-state index contributed by atoms with van der Waals surface area (Å²) >= 11 is 0. The van der Waals surface area contributed by atoms with Crippen molar-refractivity contribution in [1.82, 2.24) is 9.55 Å². The third-order valence-corrected chi connectivity index (χ3v) is 2.69. The van der Waals surface area contributed by atoms with E-state index in [-0.39, 0.29) is 36.3 Å². The standard InChI is InChI=1S/C9H13N5O4.2ClH/c10-5-1-2-14(9(16)12-5)8-6(11)7(13-17)4(3-15)18-8;;/h1-2,4,6,8,15,17H,3,11H2,(H2,10,12,16);2*1H/b13-7+;;/t4-,6-,8-;;/m1../s1. The van der Waals surface area contributed by atoms with Gasteiger partial charge < -0.3 is 26.5 Å². The van der Waals surface area contributed by atoms with E-state index in [1.54, 1.807) is 0 Å². The summed E-state index contributed by atoms with van der Waals surface area (Å²) in [7, 11) is 0. The van der Waals surface area contributed by atoms with Gasteiger partial charge in [-0.1, -0.05) is 5.16 Å². The van der Waals surface area contributed by atoms with E-state index in [0.717, 1.165) is 4.57 Å². The Hall–Kier alpha value is -1.39. The van der Waals surface area contributed by atoms with Gasteiger partial charge in [-0.2, -0.15) is 4.98 Å². The van der Waals surface area contributed by atoms with Gasteiger partial charge in [0.15, 0.2) is 6.23 Å². The summed E-state index contributed by atoms with van der Waals surface area (Å²) in [6.45, 7) is -0.402. The molecule has 1 aliphatic rings. The zero-order valence-electron chi connectivity index (χ0n) is 10.1. The molecule has 114 valence electrons. The summed E-state index contributed by atoms with van der Waals surface area (Å²) in [5.74, 6) is 0.0811. The highest BCUT2D eigenvalue weighted by atomic mass is 35.5. The van der Waals surface area contributed by atoms with Gasteiger partial charge in [0.25, 0.3) is 0 Å². The average molecular weight is 328 g/mol. The fraction of sp³-hybridized carbons (Fsp3) is 0.444. The largest absolute Gasteiger partial charge is 0.411 e. The van der Waals surface area contributed by atoms with Crippen molar-refractivity contribution in [2.24, 2.45) is 10.9 Å². The molecule has 0 spiro atoms. The second-order valence-corrected chi connectivity index (χ2v) is 3.79. The van der Waals surface area contributed by atoms with Crippen LogP contribution in [-0.4, -0.2) is 44.3 Å². The first kappa shape index (κ1) is 18.6. The molecule has 6 N–H and O–H groups in total. The van der Waals surface area contributed by atoms with E-state index in [4.69, 9.17) is 26.5 Å². The maximum absolute atomic E-state index is 11.6. The minimum atomic E-state index is -0.895. The predicted octanol–water partition coefficient (Wildman–Crippen LogP) is -1.28.